The second-order valence-electron chi connectivity index (χ2n) is 7.64. The standard InChI is InChI=1S/C19H32N4/c1-16(2)15-23-9-5-4-6-18(23)17-7-8-19(20-14-17)22-12-10-21(3)11-13-22/h7-8,14,16,18H,4-6,9-13,15H2,1-3H3. The number of likely N-dealkylation sites (N-methyl/N-ethyl adjacent to an activating group) is 1. The molecule has 2 aliphatic heterocycles. The van der Waals surface area contributed by atoms with Crippen LogP contribution in [0.2, 0.25) is 0 Å². The summed E-state index contributed by atoms with van der Waals surface area (Å²) >= 11 is 0. The van der Waals surface area contributed by atoms with Crippen LogP contribution >= 0.6 is 0 Å². The number of anilines is 1. The van der Waals surface area contributed by atoms with Crippen molar-refractivity contribution in [2.24, 2.45) is 5.92 Å². The van der Waals surface area contributed by atoms with Gasteiger partial charge in [0, 0.05) is 45.0 Å². The average Bonchev–Trinajstić information content (AvgIpc) is 2.56. The number of rotatable bonds is 4. The molecule has 1 aromatic rings. The summed E-state index contributed by atoms with van der Waals surface area (Å²) in [6, 6.07) is 5.13. The fourth-order valence-corrected chi connectivity index (χ4v) is 3.87. The summed E-state index contributed by atoms with van der Waals surface area (Å²) in [5.74, 6) is 1.88. The van der Waals surface area contributed by atoms with Gasteiger partial charge in [-0.05, 0) is 44.0 Å². The zero-order valence-corrected chi connectivity index (χ0v) is 15.0. The van der Waals surface area contributed by atoms with E-state index in [9.17, 15) is 0 Å². The van der Waals surface area contributed by atoms with Crippen LogP contribution in [-0.2, 0) is 0 Å². The Balaban J connectivity index is 1.68. The van der Waals surface area contributed by atoms with Gasteiger partial charge < -0.3 is 9.80 Å². The van der Waals surface area contributed by atoms with Crippen LogP contribution in [0.15, 0.2) is 18.3 Å². The summed E-state index contributed by atoms with van der Waals surface area (Å²) in [5, 5.41) is 0. The highest BCUT2D eigenvalue weighted by Crippen LogP contribution is 2.31. The van der Waals surface area contributed by atoms with Crippen molar-refractivity contribution in [2.45, 2.75) is 39.2 Å². The Morgan fingerprint density at radius 2 is 1.87 bits per heavy atom. The van der Waals surface area contributed by atoms with E-state index >= 15 is 0 Å². The van der Waals surface area contributed by atoms with Gasteiger partial charge in [-0.3, -0.25) is 4.90 Å². The van der Waals surface area contributed by atoms with Crippen molar-refractivity contribution in [3.05, 3.63) is 23.9 Å². The molecule has 4 heteroatoms. The number of pyridine rings is 1. The minimum Gasteiger partial charge on any atom is -0.354 e. The zero-order chi connectivity index (χ0) is 16.2. The zero-order valence-electron chi connectivity index (χ0n) is 15.0. The Hall–Kier alpha value is -1.13. The molecule has 2 aliphatic rings. The van der Waals surface area contributed by atoms with Gasteiger partial charge in [0.1, 0.15) is 5.82 Å². The number of aromatic nitrogens is 1. The molecule has 23 heavy (non-hydrogen) atoms. The van der Waals surface area contributed by atoms with Crippen molar-refractivity contribution in [2.75, 3.05) is 51.2 Å². The molecule has 0 amide bonds. The molecule has 1 unspecified atom stereocenters. The smallest absolute Gasteiger partial charge is 0.128 e. The Bertz CT molecular complexity index is 477. The molecule has 2 fully saturated rings. The van der Waals surface area contributed by atoms with Gasteiger partial charge in [-0.2, -0.15) is 0 Å². The molecule has 0 spiro atoms. The van der Waals surface area contributed by atoms with Crippen molar-refractivity contribution >= 4 is 5.82 Å². The van der Waals surface area contributed by atoms with Gasteiger partial charge in [0.05, 0.1) is 0 Å². The number of piperidine rings is 1. The molecule has 3 heterocycles. The number of piperazine rings is 1. The molecular formula is C19H32N4. The molecule has 128 valence electrons. The van der Waals surface area contributed by atoms with Crippen molar-refractivity contribution in [1.82, 2.24) is 14.8 Å². The summed E-state index contributed by atoms with van der Waals surface area (Å²) in [5.41, 5.74) is 1.41. The lowest BCUT2D eigenvalue weighted by Gasteiger charge is -2.37. The van der Waals surface area contributed by atoms with E-state index in [4.69, 9.17) is 4.98 Å². The van der Waals surface area contributed by atoms with E-state index in [0.29, 0.717) is 6.04 Å². The number of nitrogens with zero attached hydrogens (tertiary/aromatic N) is 4. The molecular weight excluding hydrogens is 284 g/mol. The average molecular weight is 316 g/mol. The van der Waals surface area contributed by atoms with Crippen LogP contribution in [0.1, 0.15) is 44.7 Å². The van der Waals surface area contributed by atoms with Crippen molar-refractivity contribution in [1.29, 1.82) is 0 Å². The molecule has 2 saturated heterocycles. The monoisotopic (exact) mass is 316 g/mol. The first-order valence-corrected chi connectivity index (χ1v) is 9.27. The minimum absolute atomic E-state index is 0.570. The highest BCUT2D eigenvalue weighted by Gasteiger charge is 2.25. The van der Waals surface area contributed by atoms with Gasteiger partial charge in [-0.15, -0.1) is 0 Å². The summed E-state index contributed by atoms with van der Waals surface area (Å²) in [7, 11) is 2.19. The maximum Gasteiger partial charge on any atom is 0.128 e. The molecule has 3 rings (SSSR count). The lowest BCUT2D eigenvalue weighted by Crippen LogP contribution is -2.44. The van der Waals surface area contributed by atoms with Gasteiger partial charge in [0.25, 0.3) is 0 Å². The quantitative estimate of drug-likeness (QED) is 0.851. The molecule has 0 N–H and O–H groups in total. The number of hydrogen-bond donors (Lipinski definition) is 0. The topological polar surface area (TPSA) is 22.6 Å². The van der Waals surface area contributed by atoms with Crippen LogP contribution in [0.5, 0.6) is 0 Å². The maximum atomic E-state index is 4.80. The third-order valence-electron chi connectivity index (χ3n) is 5.20. The number of likely N-dealkylation sites (tertiary alicyclic amines) is 1. The second-order valence-corrected chi connectivity index (χ2v) is 7.64. The fraction of sp³-hybridized carbons (Fsp3) is 0.737. The van der Waals surface area contributed by atoms with E-state index < -0.39 is 0 Å². The summed E-state index contributed by atoms with van der Waals surface area (Å²) in [6.07, 6.45) is 6.11. The van der Waals surface area contributed by atoms with Crippen molar-refractivity contribution < 1.29 is 0 Å². The lowest BCUT2D eigenvalue weighted by molar-refractivity contribution is 0.132. The second kappa shape index (κ2) is 7.63. The first kappa shape index (κ1) is 16.7. The van der Waals surface area contributed by atoms with Gasteiger partial charge in [-0.25, -0.2) is 4.98 Å². The summed E-state index contributed by atoms with van der Waals surface area (Å²) in [6.45, 7) is 11.5. The molecule has 0 aliphatic carbocycles. The van der Waals surface area contributed by atoms with Crippen LogP contribution in [0.3, 0.4) is 0 Å². The van der Waals surface area contributed by atoms with E-state index in [1.54, 1.807) is 0 Å². The Morgan fingerprint density at radius 3 is 2.52 bits per heavy atom. The van der Waals surface area contributed by atoms with Gasteiger partial charge >= 0.3 is 0 Å². The Morgan fingerprint density at radius 1 is 1.09 bits per heavy atom. The third-order valence-corrected chi connectivity index (χ3v) is 5.20. The highest BCUT2D eigenvalue weighted by atomic mass is 15.3. The summed E-state index contributed by atoms with van der Waals surface area (Å²) < 4.78 is 0. The molecule has 0 aromatic carbocycles. The SMILES string of the molecule is CC(C)CN1CCCCC1c1ccc(N2CCN(C)CC2)nc1. The van der Waals surface area contributed by atoms with E-state index in [-0.39, 0.29) is 0 Å². The molecule has 4 nitrogen and oxygen atoms in total. The van der Waals surface area contributed by atoms with Crippen molar-refractivity contribution in [3.63, 3.8) is 0 Å². The Labute approximate surface area is 141 Å². The number of hydrogen-bond acceptors (Lipinski definition) is 4. The molecule has 0 bridgehead atoms. The van der Waals surface area contributed by atoms with Crippen LogP contribution in [0.4, 0.5) is 5.82 Å². The van der Waals surface area contributed by atoms with Crippen LogP contribution < -0.4 is 4.90 Å². The van der Waals surface area contributed by atoms with Gasteiger partial charge in [0.15, 0.2) is 0 Å². The fourth-order valence-electron chi connectivity index (χ4n) is 3.87. The first-order chi connectivity index (χ1) is 11.1. The maximum absolute atomic E-state index is 4.80. The van der Waals surface area contributed by atoms with Gasteiger partial charge in [-0.1, -0.05) is 26.3 Å². The molecule has 1 atom stereocenters. The largest absolute Gasteiger partial charge is 0.354 e. The third kappa shape index (κ3) is 4.24. The predicted molar refractivity (Wildman–Crippen MR) is 97.0 cm³/mol. The van der Waals surface area contributed by atoms with E-state index in [1.807, 2.05) is 0 Å². The minimum atomic E-state index is 0.570. The molecule has 0 radical (unpaired) electrons. The molecule has 0 saturated carbocycles. The summed E-state index contributed by atoms with van der Waals surface area (Å²) in [4.78, 5) is 12.3. The van der Waals surface area contributed by atoms with E-state index in [0.717, 1.165) is 37.9 Å². The highest BCUT2D eigenvalue weighted by molar-refractivity contribution is 5.40. The lowest BCUT2D eigenvalue weighted by atomic mass is 9.95. The van der Waals surface area contributed by atoms with E-state index in [2.05, 4.69) is 53.9 Å². The Kier molecular flexibility index (Phi) is 5.54. The molecule has 1 aromatic heterocycles. The van der Waals surface area contributed by atoms with Crippen LogP contribution in [0.25, 0.3) is 0 Å². The first-order valence-electron chi connectivity index (χ1n) is 9.27. The van der Waals surface area contributed by atoms with Crippen LogP contribution in [-0.4, -0.2) is 61.1 Å². The van der Waals surface area contributed by atoms with E-state index in [1.165, 1.54) is 37.9 Å². The predicted octanol–water partition coefficient (Wildman–Crippen LogP) is 3.02. The van der Waals surface area contributed by atoms with Gasteiger partial charge in [0.2, 0.25) is 0 Å². The van der Waals surface area contributed by atoms with Crippen molar-refractivity contribution in [3.8, 4) is 0 Å². The van der Waals surface area contributed by atoms with Crippen LogP contribution in [0, 0.1) is 5.92 Å². The normalized spacial score (nSPS) is 24.3.